The molecular formula is C18H30N4O4. The van der Waals surface area contributed by atoms with Crippen molar-refractivity contribution < 1.29 is 19.0 Å². The van der Waals surface area contributed by atoms with E-state index in [4.69, 9.17) is 14.2 Å². The molecule has 0 aliphatic carbocycles. The number of benzene rings is 1. The van der Waals surface area contributed by atoms with Crippen LogP contribution in [0.25, 0.3) is 0 Å². The molecule has 1 amide bonds. The Morgan fingerprint density at radius 2 is 1.96 bits per heavy atom. The zero-order valence-electron chi connectivity index (χ0n) is 16.0. The van der Waals surface area contributed by atoms with Crippen LogP contribution in [0.15, 0.2) is 29.3 Å². The summed E-state index contributed by atoms with van der Waals surface area (Å²) in [6, 6.07) is 7.45. The Balaban J connectivity index is 2.45. The highest BCUT2D eigenvalue weighted by Gasteiger charge is 2.07. The molecule has 0 spiro atoms. The number of hydrogen-bond acceptors (Lipinski definition) is 5. The molecule has 0 radical (unpaired) electrons. The molecule has 0 fully saturated rings. The molecule has 0 saturated carbocycles. The second-order valence-corrected chi connectivity index (χ2v) is 5.53. The lowest BCUT2D eigenvalue weighted by Crippen LogP contribution is -2.42. The van der Waals surface area contributed by atoms with Gasteiger partial charge in [0, 0.05) is 26.3 Å². The summed E-state index contributed by atoms with van der Waals surface area (Å²) in [7, 11) is 3.21. The molecule has 8 heteroatoms. The van der Waals surface area contributed by atoms with Crippen LogP contribution in [0.2, 0.25) is 0 Å². The van der Waals surface area contributed by atoms with Gasteiger partial charge >= 0.3 is 0 Å². The fourth-order valence-electron chi connectivity index (χ4n) is 2.03. The maximum Gasteiger partial charge on any atom is 0.241 e. The van der Waals surface area contributed by atoms with Crippen molar-refractivity contribution in [1.82, 2.24) is 16.0 Å². The van der Waals surface area contributed by atoms with E-state index in [9.17, 15) is 4.79 Å². The number of nitrogens with one attached hydrogen (secondary N) is 3. The molecule has 0 heterocycles. The molecule has 1 atom stereocenters. The quantitative estimate of drug-likeness (QED) is 0.304. The number of hydrogen-bond donors (Lipinski definition) is 3. The average molecular weight is 366 g/mol. The smallest absolute Gasteiger partial charge is 0.241 e. The molecule has 1 aromatic carbocycles. The highest BCUT2D eigenvalue weighted by molar-refractivity contribution is 5.84. The highest BCUT2D eigenvalue weighted by Crippen LogP contribution is 2.19. The first kappa shape index (κ1) is 21.6. The van der Waals surface area contributed by atoms with E-state index in [1.165, 1.54) is 0 Å². The van der Waals surface area contributed by atoms with Gasteiger partial charge in [0.05, 0.1) is 20.3 Å². The van der Waals surface area contributed by atoms with E-state index in [1.54, 1.807) is 14.2 Å². The summed E-state index contributed by atoms with van der Waals surface area (Å²) in [6.07, 6.45) is -0.0958. The van der Waals surface area contributed by atoms with E-state index in [2.05, 4.69) is 20.9 Å². The van der Waals surface area contributed by atoms with E-state index in [-0.39, 0.29) is 18.6 Å². The summed E-state index contributed by atoms with van der Waals surface area (Å²) in [5, 5.41) is 9.00. The van der Waals surface area contributed by atoms with Crippen LogP contribution in [-0.4, -0.2) is 65.0 Å². The number of amides is 1. The van der Waals surface area contributed by atoms with E-state index < -0.39 is 0 Å². The number of guanidine groups is 1. The molecule has 1 rings (SSSR count). The van der Waals surface area contributed by atoms with Gasteiger partial charge in [-0.05, 0) is 26.0 Å². The first-order chi connectivity index (χ1) is 12.6. The largest absolute Gasteiger partial charge is 0.497 e. The molecule has 26 heavy (non-hydrogen) atoms. The van der Waals surface area contributed by atoms with Crippen LogP contribution >= 0.6 is 0 Å². The summed E-state index contributed by atoms with van der Waals surface area (Å²) in [4.78, 5) is 16.0. The Morgan fingerprint density at radius 3 is 2.65 bits per heavy atom. The van der Waals surface area contributed by atoms with Crippen molar-refractivity contribution in [3.8, 4) is 11.5 Å². The minimum absolute atomic E-state index is 0.0458. The Kier molecular flexibility index (Phi) is 10.6. The van der Waals surface area contributed by atoms with E-state index in [1.807, 2.05) is 38.1 Å². The molecule has 0 aliphatic heterocycles. The fraction of sp³-hybridized carbons (Fsp3) is 0.556. The molecule has 1 unspecified atom stereocenters. The number of carbonyl (C=O) groups is 1. The van der Waals surface area contributed by atoms with Crippen molar-refractivity contribution in [2.45, 2.75) is 20.0 Å². The third-order valence-corrected chi connectivity index (χ3v) is 3.29. The van der Waals surface area contributed by atoms with Gasteiger partial charge < -0.3 is 30.2 Å². The van der Waals surface area contributed by atoms with Crippen LogP contribution in [0.3, 0.4) is 0 Å². The number of nitrogens with zero attached hydrogens (tertiary/aromatic N) is 1. The van der Waals surface area contributed by atoms with Gasteiger partial charge in [0.25, 0.3) is 0 Å². The summed E-state index contributed by atoms with van der Waals surface area (Å²) >= 11 is 0. The average Bonchev–Trinajstić information content (AvgIpc) is 2.64. The van der Waals surface area contributed by atoms with Crippen LogP contribution < -0.4 is 25.4 Å². The molecule has 1 aromatic rings. The minimum atomic E-state index is -0.153. The Hall–Kier alpha value is -2.48. The number of aliphatic imine (C=N–C) groups is 1. The van der Waals surface area contributed by atoms with E-state index in [0.29, 0.717) is 32.2 Å². The molecule has 0 saturated heterocycles. The van der Waals surface area contributed by atoms with Crippen LogP contribution in [0.1, 0.15) is 13.8 Å². The number of methoxy groups -OCH3 is 2. The second-order valence-electron chi connectivity index (χ2n) is 5.53. The second kappa shape index (κ2) is 12.8. The molecule has 8 nitrogen and oxygen atoms in total. The van der Waals surface area contributed by atoms with Crippen molar-refractivity contribution >= 4 is 11.9 Å². The predicted octanol–water partition coefficient (Wildman–Crippen LogP) is 0.780. The van der Waals surface area contributed by atoms with Gasteiger partial charge in [-0.15, -0.1) is 0 Å². The number of rotatable bonds is 11. The maximum atomic E-state index is 11.7. The number of ether oxygens (including phenoxy) is 3. The number of carbonyl (C=O) groups excluding carboxylic acids is 1. The lowest BCUT2D eigenvalue weighted by atomic mass is 10.3. The van der Waals surface area contributed by atoms with Crippen molar-refractivity contribution in [2.24, 2.45) is 4.99 Å². The Labute approximate surface area is 155 Å². The van der Waals surface area contributed by atoms with Gasteiger partial charge in [0.15, 0.2) is 5.96 Å². The SMILES string of the molecule is CCNC(=NCC(=O)NCCOC)NCC(C)Oc1cccc(OC)c1. The first-order valence-corrected chi connectivity index (χ1v) is 8.67. The molecule has 0 aromatic heterocycles. The zero-order valence-corrected chi connectivity index (χ0v) is 16.0. The monoisotopic (exact) mass is 366 g/mol. The van der Waals surface area contributed by atoms with Gasteiger partial charge in [0.2, 0.25) is 5.91 Å². The summed E-state index contributed by atoms with van der Waals surface area (Å²) in [5.74, 6) is 1.89. The topological polar surface area (TPSA) is 93.2 Å². The Morgan fingerprint density at radius 1 is 1.19 bits per heavy atom. The normalized spacial score (nSPS) is 12.2. The minimum Gasteiger partial charge on any atom is -0.497 e. The van der Waals surface area contributed by atoms with Crippen LogP contribution in [0, 0.1) is 0 Å². The van der Waals surface area contributed by atoms with Gasteiger partial charge in [-0.3, -0.25) is 4.79 Å². The third kappa shape index (κ3) is 9.12. The molecule has 0 aliphatic rings. The fourth-order valence-corrected chi connectivity index (χ4v) is 2.03. The first-order valence-electron chi connectivity index (χ1n) is 8.67. The van der Waals surface area contributed by atoms with Crippen LogP contribution in [-0.2, 0) is 9.53 Å². The highest BCUT2D eigenvalue weighted by atomic mass is 16.5. The molecule has 0 bridgehead atoms. The zero-order chi connectivity index (χ0) is 19.2. The van der Waals surface area contributed by atoms with Gasteiger partial charge in [0.1, 0.15) is 24.1 Å². The van der Waals surface area contributed by atoms with Gasteiger partial charge in [-0.2, -0.15) is 0 Å². The van der Waals surface area contributed by atoms with Gasteiger partial charge in [-0.1, -0.05) is 6.07 Å². The van der Waals surface area contributed by atoms with Crippen molar-refractivity contribution in [3.63, 3.8) is 0 Å². The van der Waals surface area contributed by atoms with Crippen molar-refractivity contribution in [2.75, 3.05) is 47.0 Å². The summed E-state index contributed by atoms with van der Waals surface area (Å²) < 4.78 is 15.9. The maximum absolute atomic E-state index is 11.7. The predicted molar refractivity (Wildman–Crippen MR) is 102 cm³/mol. The lowest BCUT2D eigenvalue weighted by Gasteiger charge is -2.18. The molecule has 146 valence electrons. The molecule has 3 N–H and O–H groups in total. The van der Waals surface area contributed by atoms with Crippen LogP contribution in [0.4, 0.5) is 0 Å². The molecular weight excluding hydrogens is 336 g/mol. The van der Waals surface area contributed by atoms with E-state index >= 15 is 0 Å². The van der Waals surface area contributed by atoms with Crippen molar-refractivity contribution in [1.29, 1.82) is 0 Å². The summed E-state index contributed by atoms with van der Waals surface area (Å²) in [6.45, 7) is 6.15. The standard InChI is InChI=1S/C18H30N4O4/c1-5-19-18(22-13-17(23)20-9-10-24-3)21-12-14(2)26-16-8-6-7-15(11-16)25-4/h6-8,11,14H,5,9-10,12-13H2,1-4H3,(H,20,23)(H2,19,21,22). The van der Waals surface area contributed by atoms with Crippen LogP contribution in [0.5, 0.6) is 11.5 Å². The summed E-state index contributed by atoms with van der Waals surface area (Å²) in [5.41, 5.74) is 0. The third-order valence-electron chi connectivity index (χ3n) is 3.29. The van der Waals surface area contributed by atoms with Crippen molar-refractivity contribution in [3.05, 3.63) is 24.3 Å². The van der Waals surface area contributed by atoms with E-state index in [0.717, 1.165) is 11.5 Å². The lowest BCUT2D eigenvalue weighted by molar-refractivity contribution is -0.119. The van der Waals surface area contributed by atoms with Gasteiger partial charge in [-0.25, -0.2) is 4.99 Å². The Bertz CT molecular complexity index is 566.